The van der Waals surface area contributed by atoms with E-state index >= 15 is 0 Å². The number of carbonyl (C=O) groups excluding carboxylic acids is 1. The number of aliphatic hydroxyl groups excluding tert-OH is 1. The summed E-state index contributed by atoms with van der Waals surface area (Å²) in [7, 11) is 0. The first kappa shape index (κ1) is 17.3. The van der Waals surface area contributed by atoms with Gasteiger partial charge in [0.25, 0.3) is 0 Å². The maximum absolute atomic E-state index is 11.5. The topological polar surface area (TPSA) is 72.5 Å². The van der Waals surface area contributed by atoms with Gasteiger partial charge in [-0.1, -0.05) is 37.1 Å². The minimum Gasteiger partial charge on any atom is -0.461 e. The lowest BCUT2D eigenvalue weighted by Crippen LogP contribution is -2.48. The normalized spacial score (nSPS) is 48.6. The molecule has 4 heteroatoms. The Kier molecular flexibility index (Phi) is 3.93. The third-order valence-corrected chi connectivity index (χ3v) is 7.92. The zero-order chi connectivity index (χ0) is 18.0. The van der Waals surface area contributed by atoms with E-state index in [-0.39, 0.29) is 35.0 Å². The van der Waals surface area contributed by atoms with Crippen LogP contribution >= 0.6 is 0 Å². The Hall–Kier alpha value is -1.13. The van der Waals surface area contributed by atoms with Crippen molar-refractivity contribution in [3.63, 3.8) is 0 Å². The maximum atomic E-state index is 11.5. The van der Waals surface area contributed by atoms with Gasteiger partial charge in [-0.15, -0.1) is 0 Å². The van der Waals surface area contributed by atoms with E-state index in [0.717, 1.165) is 38.5 Å². The molecule has 3 N–H and O–H groups in total. The lowest BCUT2D eigenvalue weighted by molar-refractivity contribution is -0.147. The molecule has 0 spiro atoms. The second-order valence-corrected chi connectivity index (χ2v) is 9.15. The largest absolute Gasteiger partial charge is 0.461 e. The lowest BCUT2D eigenvalue weighted by atomic mass is 9.53. The summed E-state index contributed by atoms with van der Waals surface area (Å²) in [6.07, 6.45) is 9.93. The summed E-state index contributed by atoms with van der Waals surface area (Å²) in [5, 5.41) is 10.0. The fraction of sp³-hybridized carbons (Fsp3) is 0.762. The highest BCUT2D eigenvalue weighted by Crippen LogP contribution is 2.62. The van der Waals surface area contributed by atoms with Crippen LogP contribution in [0.5, 0.6) is 0 Å². The predicted octanol–water partition coefficient (Wildman–Crippen LogP) is 3.10. The second kappa shape index (κ2) is 5.68. The first-order valence-corrected chi connectivity index (χ1v) is 9.78. The summed E-state index contributed by atoms with van der Waals surface area (Å²) in [5.41, 5.74) is 9.85. The molecule has 0 aromatic rings. The van der Waals surface area contributed by atoms with E-state index in [4.69, 9.17) is 10.5 Å². The van der Waals surface area contributed by atoms with Crippen molar-refractivity contribution in [1.82, 2.24) is 0 Å². The van der Waals surface area contributed by atoms with Crippen LogP contribution in [0, 0.1) is 22.7 Å². The molecule has 0 radical (unpaired) electrons. The highest BCUT2D eigenvalue weighted by molar-refractivity contribution is 5.66. The molecule has 4 unspecified atom stereocenters. The monoisotopic (exact) mass is 345 g/mol. The highest BCUT2D eigenvalue weighted by Gasteiger charge is 2.57. The van der Waals surface area contributed by atoms with Gasteiger partial charge in [0.15, 0.2) is 0 Å². The van der Waals surface area contributed by atoms with Gasteiger partial charge in [0.2, 0.25) is 0 Å². The first-order valence-electron chi connectivity index (χ1n) is 9.78. The first-order chi connectivity index (χ1) is 11.8. The molecule has 0 amide bonds. The number of hydrogen-bond donors (Lipinski definition) is 2. The summed E-state index contributed by atoms with van der Waals surface area (Å²) < 4.78 is 5.57. The number of ether oxygens (including phenoxy) is 1. The summed E-state index contributed by atoms with van der Waals surface area (Å²) in [5.74, 6) is 0.736. The second-order valence-electron chi connectivity index (χ2n) is 9.15. The van der Waals surface area contributed by atoms with Crippen LogP contribution in [0.3, 0.4) is 0 Å². The van der Waals surface area contributed by atoms with Crippen LogP contribution in [-0.4, -0.2) is 29.3 Å². The molecule has 4 rings (SSSR count). The molecule has 0 bridgehead atoms. The molecule has 25 heavy (non-hydrogen) atoms. The summed E-state index contributed by atoms with van der Waals surface area (Å²) in [6, 6.07) is -0.0790. The molecule has 1 saturated carbocycles. The zero-order valence-corrected chi connectivity index (χ0v) is 15.6. The van der Waals surface area contributed by atoms with Gasteiger partial charge < -0.3 is 15.6 Å². The average molecular weight is 345 g/mol. The van der Waals surface area contributed by atoms with Gasteiger partial charge in [-0.2, -0.15) is 0 Å². The highest BCUT2D eigenvalue weighted by atomic mass is 16.5. The number of fused-ring (bicyclic) bond motifs is 4. The average Bonchev–Trinajstić information content (AvgIpc) is 2.79. The molecule has 1 fully saturated rings. The summed E-state index contributed by atoms with van der Waals surface area (Å²) in [6.45, 7) is 6.13. The van der Waals surface area contributed by atoms with Gasteiger partial charge in [-0.05, 0) is 55.8 Å². The third-order valence-electron chi connectivity index (χ3n) is 7.92. The number of aliphatic hydroxyl groups is 1. The standard InChI is InChI=1S/C21H31NO3/c1-12(23)25-18-11-17-15-5-4-13-10-14(24)6-8-20(13,2)16(15)7-9-21(17,3)19(18)22/h6,8,13-14,17-19,24H,4-5,7,9-11,22H2,1-3H3/t13?,14?,17-,18?,19?,20-,21-/m0/s1. The fourth-order valence-electron chi connectivity index (χ4n) is 6.38. The van der Waals surface area contributed by atoms with Crippen molar-refractivity contribution in [3.05, 3.63) is 23.3 Å². The van der Waals surface area contributed by atoms with Crippen molar-refractivity contribution in [2.45, 2.75) is 77.5 Å². The molecule has 7 atom stereocenters. The van der Waals surface area contributed by atoms with Gasteiger partial charge in [0, 0.05) is 18.4 Å². The van der Waals surface area contributed by atoms with E-state index in [9.17, 15) is 9.90 Å². The number of allylic oxidation sites excluding steroid dienone is 3. The summed E-state index contributed by atoms with van der Waals surface area (Å²) in [4.78, 5) is 11.5. The smallest absolute Gasteiger partial charge is 0.302 e. The van der Waals surface area contributed by atoms with Crippen LogP contribution in [0.1, 0.15) is 59.3 Å². The van der Waals surface area contributed by atoms with E-state index in [0.29, 0.717) is 11.8 Å². The molecule has 0 aromatic carbocycles. The number of esters is 1. The predicted molar refractivity (Wildman–Crippen MR) is 96.6 cm³/mol. The number of nitrogens with two attached hydrogens (primary N) is 1. The Bertz CT molecular complexity index is 654. The Morgan fingerprint density at radius 3 is 2.80 bits per heavy atom. The van der Waals surface area contributed by atoms with Crippen molar-refractivity contribution < 1.29 is 14.6 Å². The van der Waals surface area contributed by atoms with E-state index in [2.05, 4.69) is 19.9 Å². The van der Waals surface area contributed by atoms with Crippen LogP contribution < -0.4 is 5.73 Å². The molecule has 0 aromatic heterocycles. The van der Waals surface area contributed by atoms with Gasteiger partial charge in [0.1, 0.15) is 6.10 Å². The van der Waals surface area contributed by atoms with Crippen LogP contribution in [-0.2, 0) is 9.53 Å². The van der Waals surface area contributed by atoms with Crippen LogP contribution in [0.2, 0.25) is 0 Å². The SMILES string of the molecule is CC(=O)OC1C[C@H]2C3=C(CC[C@]2(C)C1N)[C@@]1(C)C=CC(O)CC1CC3. The number of hydrogen-bond acceptors (Lipinski definition) is 4. The van der Waals surface area contributed by atoms with Crippen LogP contribution in [0.4, 0.5) is 0 Å². The van der Waals surface area contributed by atoms with Crippen LogP contribution in [0.25, 0.3) is 0 Å². The van der Waals surface area contributed by atoms with E-state index in [1.165, 1.54) is 6.92 Å². The molecular formula is C21H31NO3. The van der Waals surface area contributed by atoms with Crippen molar-refractivity contribution in [2.24, 2.45) is 28.4 Å². The number of carbonyl (C=O) groups is 1. The molecule has 0 aliphatic heterocycles. The minimum atomic E-state index is -0.290. The van der Waals surface area contributed by atoms with Crippen molar-refractivity contribution in [2.75, 3.05) is 0 Å². The Balaban J connectivity index is 1.71. The van der Waals surface area contributed by atoms with E-state index < -0.39 is 0 Å². The Labute approximate surface area is 150 Å². The van der Waals surface area contributed by atoms with Gasteiger partial charge in [0.05, 0.1) is 6.10 Å². The van der Waals surface area contributed by atoms with Crippen molar-refractivity contribution in [1.29, 1.82) is 0 Å². The summed E-state index contributed by atoms with van der Waals surface area (Å²) >= 11 is 0. The van der Waals surface area contributed by atoms with Gasteiger partial charge in [-0.25, -0.2) is 0 Å². The van der Waals surface area contributed by atoms with E-state index in [1.807, 2.05) is 6.08 Å². The zero-order valence-electron chi connectivity index (χ0n) is 15.6. The van der Waals surface area contributed by atoms with Gasteiger partial charge >= 0.3 is 5.97 Å². The van der Waals surface area contributed by atoms with Crippen molar-refractivity contribution in [3.8, 4) is 0 Å². The van der Waals surface area contributed by atoms with Crippen LogP contribution in [0.15, 0.2) is 23.3 Å². The molecule has 0 saturated heterocycles. The maximum Gasteiger partial charge on any atom is 0.302 e. The third kappa shape index (κ3) is 2.44. The van der Waals surface area contributed by atoms with Gasteiger partial charge in [-0.3, -0.25) is 4.79 Å². The molecule has 4 aliphatic carbocycles. The molecular weight excluding hydrogens is 314 g/mol. The Morgan fingerprint density at radius 1 is 1.32 bits per heavy atom. The van der Waals surface area contributed by atoms with Crippen molar-refractivity contribution >= 4 is 5.97 Å². The number of rotatable bonds is 1. The quantitative estimate of drug-likeness (QED) is 0.566. The molecule has 4 aliphatic rings. The molecule has 4 nitrogen and oxygen atoms in total. The molecule has 0 heterocycles. The molecule has 138 valence electrons. The van der Waals surface area contributed by atoms with E-state index in [1.54, 1.807) is 11.1 Å². The minimum absolute atomic E-state index is 0.0278. The lowest BCUT2D eigenvalue weighted by Gasteiger charge is -2.52. The Morgan fingerprint density at radius 2 is 2.08 bits per heavy atom. The fourth-order valence-corrected chi connectivity index (χ4v) is 6.38.